The normalized spacial score (nSPS) is 29.6. The fourth-order valence-corrected chi connectivity index (χ4v) is 2.65. The van der Waals surface area contributed by atoms with E-state index in [1.54, 1.807) is 0 Å². The Morgan fingerprint density at radius 2 is 1.69 bits per heavy atom. The van der Waals surface area contributed by atoms with Gasteiger partial charge in [-0.3, -0.25) is 4.79 Å². The van der Waals surface area contributed by atoms with Crippen molar-refractivity contribution in [1.82, 2.24) is 10.2 Å². The average Bonchev–Trinajstić information content (AvgIpc) is 2.14. The molecule has 2 saturated heterocycles. The van der Waals surface area contributed by atoms with E-state index in [2.05, 4.69) is 10.2 Å². The maximum Gasteiger partial charge on any atom is 0.228 e. The van der Waals surface area contributed by atoms with Crippen LogP contribution in [-0.4, -0.2) is 36.0 Å². The van der Waals surface area contributed by atoms with E-state index in [1.807, 2.05) is 20.8 Å². The summed E-state index contributed by atoms with van der Waals surface area (Å²) in [5.41, 5.74) is -0.231. The van der Waals surface area contributed by atoms with Gasteiger partial charge in [0, 0.05) is 30.6 Å². The van der Waals surface area contributed by atoms with Crippen molar-refractivity contribution in [3.05, 3.63) is 0 Å². The lowest BCUT2D eigenvalue weighted by Gasteiger charge is -2.44. The summed E-state index contributed by atoms with van der Waals surface area (Å²) in [6, 6.07) is 1.09. The van der Waals surface area contributed by atoms with Crippen LogP contribution in [-0.2, 0) is 4.79 Å². The van der Waals surface area contributed by atoms with E-state index in [0.29, 0.717) is 18.0 Å². The third-order valence-electron chi connectivity index (χ3n) is 3.39. The molecule has 0 aromatic heterocycles. The van der Waals surface area contributed by atoms with Crippen molar-refractivity contribution < 1.29 is 4.79 Å². The molecule has 0 aliphatic carbocycles. The summed E-state index contributed by atoms with van der Waals surface area (Å²) in [4.78, 5) is 14.2. The SMILES string of the molecule is CC(C)(C)C(=O)N1CC2CCCC(C1)N2.Cl. The van der Waals surface area contributed by atoms with E-state index in [9.17, 15) is 4.79 Å². The van der Waals surface area contributed by atoms with Gasteiger partial charge in [-0.15, -0.1) is 12.4 Å². The van der Waals surface area contributed by atoms with Crippen molar-refractivity contribution in [2.45, 2.75) is 52.1 Å². The smallest absolute Gasteiger partial charge is 0.228 e. The summed E-state index contributed by atoms with van der Waals surface area (Å²) in [6.45, 7) is 7.84. The Bertz CT molecular complexity index is 250. The van der Waals surface area contributed by atoms with Gasteiger partial charge >= 0.3 is 0 Å². The van der Waals surface area contributed by atoms with E-state index < -0.39 is 0 Å². The second-order valence-corrected chi connectivity index (χ2v) is 5.95. The molecular formula is C12H23ClN2O. The third kappa shape index (κ3) is 2.89. The van der Waals surface area contributed by atoms with Gasteiger partial charge in [0.25, 0.3) is 0 Å². The molecule has 0 spiro atoms. The molecule has 2 aliphatic heterocycles. The van der Waals surface area contributed by atoms with Gasteiger partial charge in [0.1, 0.15) is 0 Å². The van der Waals surface area contributed by atoms with Crippen LogP contribution in [0, 0.1) is 5.41 Å². The molecule has 2 atom stereocenters. The molecule has 4 heteroatoms. The minimum Gasteiger partial charge on any atom is -0.339 e. The number of likely N-dealkylation sites (tertiary alicyclic amines) is 1. The molecular weight excluding hydrogens is 224 g/mol. The number of rotatable bonds is 0. The summed E-state index contributed by atoms with van der Waals surface area (Å²) in [6.07, 6.45) is 3.77. The molecule has 2 bridgehead atoms. The Morgan fingerprint density at radius 3 is 2.12 bits per heavy atom. The van der Waals surface area contributed by atoms with E-state index in [-0.39, 0.29) is 17.8 Å². The Balaban J connectivity index is 0.00000128. The van der Waals surface area contributed by atoms with E-state index in [4.69, 9.17) is 0 Å². The fraction of sp³-hybridized carbons (Fsp3) is 0.917. The number of piperazine rings is 1. The van der Waals surface area contributed by atoms with Crippen molar-refractivity contribution in [2.75, 3.05) is 13.1 Å². The zero-order valence-electron chi connectivity index (χ0n) is 10.5. The van der Waals surface area contributed by atoms with Crippen LogP contribution >= 0.6 is 12.4 Å². The number of nitrogens with zero attached hydrogens (tertiary/aromatic N) is 1. The van der Waals surface area contributed by atoms with Crippen LogP contribution < -0.4 is 5.32 Å². The van der Waals surface area contributed by atoms with Gasteiger partial charge in [-0.2, -0.15) is 0 Å². The second kappa shape index (κ2) is 4.92. The predicted octanol–water partition coefficient (Wildman–Crippen LogP) is 1.81. The molecule has 94 valence electrons. The number of hydrogen-bond acceptors (Lipinski definition) is 2. The largest absolute Gasteiger partial charge is 0.339 e. The van der Waals surface area contributed by atoms with Crippen molar-refractivity contribution in [3.8, 4) is 0 Å². The molecule has 16 heavy (non-hydrogen) atoms. The van der Waals surface area contributed by atoms with E-state index >= 15 is 0 Å². The van der Waals surface area contributed by atoms with Crippen LogP contribution in [0.5, 0.6) is 0 Å². The van der Waals surface area contributed by atoms with Gasteiger partial charge in [-0.25, -0.2) is 0 Å². The number of nitrogens with one attached hydrogen (secondary N) is 1. The summed E-state index contributed by atoms with van der Waals surface area (Å²) in [5, 5.41) is 3.60. The first-order valence-corrected chi connectivity index (χ1v) is 6.02. The highest BCUT2D eigenvalue weighted by molar-refractivity contribution is 5.85. The highest BCUT2D eigenvalue weighted by atomic mass is 35.5. The van der Waals surface area contributed by atoms with Crippen LogP contribution in [0.15, 0.2) is 0 Å². The number of carbonyl (C=O) groups is 1. The molecule has 2 unspecified atom stereocenters. The predicted molar refractivity (Wildman–Crippen MR) is 67.8 cm³/mol. The molecule has 0 saturated carbocycles. The molecule has 1 amide bonds. The van der Waals surface area contributed by atoms with Crippen molar-refractivity contribution >= 4 is 18.3 Å². The number of piperidine rings is 1. The molecule has 2 heterocycles. The molecule has 2 fully saturated rings. The van der Waals surface area contributed by atoms with Crippen molar-refractivity contribution in [2.24, 2.45) is 5.41 Å². The van der Waals surface area contributed by atoms with Crippen LogP contribution in [0.2, 0.25) is 0 Å². The van der Waals surface area contributed by atoms with E-state index in [0.717, 1.165) is 13.1 Å². The topological polar surface area (TPSA) is 32.3 Å². The summed E-state index contributed by atoms with van der Waals surface area (Å²) >= 11 is 0. The monoisotopic (exact) mass is 246 g/mol. The van der Waals surface area contributed by atoms with Gasteiger partial charge in [0.2, 0.25) is 5.91 Å². The van der Waals surface area contributed by atoms with Gasteiger partial charge < -0.3 is 10.2 Å². The Labute approximate surface area is 104 Å². The van der Waals surface area contributed by atoms with E-state index in [1.165, 1.54) is 19.3 Å². The highest BCUT2D eigenvalue weighted by Crippen LogP contribution is 2.24. The van der Waals surface area contributed by atoms with Gasteiger partial charge in [-0.1, -0.05) is 27.2 Å². The molecule has 3 nitrogen and oxygen atoms in total. The first-order valence-electron chi connectivity index (χ1n) is 6.02. The highest BCUT2D eigenvalue weighted by Gasteiger charge is 2.35. The minimum atomic E-state index is -0.231. The summed E-state index contributed by atoms with van der Waals surface area (Å²) in [7, 11) is 0. The van der Waals surface area contributed by atoms with Crippen molar-refractivity contribution in [1.29, 1.82) is 0 Å². The third-order valence-corrected chi connectivity index (χ3v) is 3.39. The van der Waals surface area contributed by atoms with Crippen LogP contribution in [0.3, 0.4) is 0 Å². The van der Waals surface area contributed by atoms with Gasteiger partial charge in [0.15, 0.2) is 0 Å². The Morgan fingerprint density at radius 1 is 1.19 bits per heavy atom. The molecule has 1 N–H and O–H groups in total. The second-order valence-electron chi connectivity index (χ2n) is 5.95. The number of carbonyl (C=O) groups excluding carboxylic acids is 1. The Kier molecular flexibility index (Phi) is 4.24. The van der Waals surface area contributed by atoms with Crippen LogP contribution in [0.25, 0.3) is 0 Å². The standard InChI is InChI=1S/C12H22N2O.ClH/c1-12(2,3)11(15)14-7-9-5-4-6-10(8-14)13-9;/h9-10,13H,4-8H2,1-3H3;1H. The first kappa shape index (κ1) is 13.8. The number of hydrogen-bond donors (Lipinski definition) is 1. The number of halogens is 1. The van der Waals surface area contributed by atoms with Crippen molar-refractivity contribution in [3.63, 3.8) is 0 Å². The molecule has 0 aromatic carbocycles. The Hall–Kier alpha value is -0.280. The summed E-state index contributed by atoms with van der Waals surface area (Å²) in [5.74, 6) is 0.306. The average molecular weight is 247 g/mol. The molecule has 0 aromatic rings. The number of amides is 1. The lowest BCUT2D eigenvalue weighted by molar-refractivity contribution is -0.142. The maximum atomic E-state index is 12.1. The lowest BCUT2D eigenvalue weighted by Crippen LogP contribution is -2.61. The van der Waals surface area contributed by atoms with Gasteiger partial charge in [-0.05, 0) is 12.8 Å². The first-order chi connectivity index (χ1) is 6.97. The van der Waals surface area contributed by atoms with Crippen LogP contribution in [0.1, 0.15) is 40.0 Å². The molecule has 2 rings (SSSR count). The quantitative estimate of drug-likeness (QED) is 0.707. The van der Waals surface area contributed by atoms with Crippen LogP contribution in [0.4, 0.5) is 0 Å². The lowest BCUT2D eigenvalue weighted by atomic mass is 9.90. The fourth-order valence-electron chi connectivity index (χ4n) is 2.65. The zero-order valence-corrected chi connectivity index (χ0v) is 11.3. The molecule has 0 radical (unpaired) electrons. The summed E-state index contributed by atoms with van der Waals surface area (Å²) < 4.78 is 0. The van der Waals surface area contributed by atoms with Gasteiger partial charge in [0.05, 0.1) is 0 Å². The molecule has 2 aliphatic rings. The zero-order chi connectivity index (χ0) is 11.1. The minimum absolute atomic E-state index is 0. The number of fused-ring (bicyclic) bond motifs is 2. The maximum absolute atomic E-state index is 12.1.